The van der Waals surface area contributed by atoms with Crippen LogP contribution in [0.5, 0.6) is 11.5 Å². The quantitative estimate of drug-likeness (QED) is 0.865. The number of benzene rings is 1. The van der Waals surface area contributed by atoms with E-state index in [1.54, 1.807) is 29.5 Å². The first-order valence-corrected chi connectivity index (χ1v) is 9.29. The summed E-state index contributed by atoms with van der Waals surface area (Å²) in [5.74, 6) is 0.885. The summed E-state index contributed by atoms with van der Waals surface area (Å²) in [5, 5.41) is 7.11. The molecule has 2 N–H and O–H groups in total. The molecule has 0 fully saturated rings. The van der Waals surface area contributed by atoms with Gasteiger partial charge in [-0.1, -0.05) is 0 Å². The molecule has 26 heavy (non-hydrogen) atoms. The van der Waals surface area contributed by atoms with Gasteiger partial charge in [0.25, 0.3) is 0 Å². The fraction of sp³-hybridized carbons (Fsp3) is 0.333. The molecule has 2 aliphatic rings. The van der Waals surface area contributed by atoms with Gasteiger partial charge in [0, 0.05) is 29.2 Å². The Bertz CT molecular complexity index is 851. The summed E-state index contributed by atoms with van der Waals surface area (Å²) >= 11 is 1.76. The van der Waals surface area contributed by atoms with Crippen molar-refractivity contribution in [2.24, 2.45) is 0 Å². The topological polar surface area (TPSA) is 79.9 Å². The van der Waals surface area contributed by atoms with Crippen LogP contribution in [-0.2, 0) is 11.2 Å². The van der Waals surface area contributed by atoms with E-state index in [4.69, 9.17) is 9.47 Å². The first-order valence-electron chi connectivity index (χ1n) is 8.41. The van der Waals surface area contributed by atoms with E-state index >= 15 is 0 Å². The number of hydrogen-bond acceptors (Lipinski definition) is 6. The third kappa shape index (κ3) is 3.38. The van der Waals surface area contributed by atoms with Gasteiger partial charge in [0.1, 0.15) is 0 Å². The smallest absolute Gasteiger partial charge is 0.325 e. The highest BCUT2D eigenvalue weighted by Crippen LogP contribution is 2.34. The molecule has 3 heterocycles. The van der Waals surface area contributed by atoms with E-state index in [0.29, 0.717) is 17.2 Å². The highest BCUT2D eigenvalue weighted by atomic mass is 32.1. The van der Waals surface area contributed by atoms with Crippen LogP contribution in [0.25, 0.3) is 0 Å². The summed E-state index contributed by atoms with van der Waals surface area (Å²) in [6, 6.07) is 6.80. The maximum Gasteiger partial charge on any atom is 0.325 e. The molecule has 3 amide bonds. The number of carbonyl (C=O) groups excluding carboxylic acids is 2. The van der Waals surface area contributed by atoms with Gasteiger partial charge in [-0.2, -0.15) is 0 Å². The normalized spacial score (nSPS) is 18.3. The average Bonchev–Trinajstić information content (AvgIpc) is 3.26. The largest absolute Gasteiger partial charge is 0.454 e. The lowest BCUT2D eigenvalue weighted by atomic mass is 10.0. The maximum absolute atomic E-state index is 12.2. The standard InChI is InChI=1S/C18H19N3O4S/c1-11-13-5-7-26-16(13)4-6-21(11)9-17(22)20-18(23)19-12-2-3-14-15(8-12)25-10-24-14/h2-3,5,7-8,11H,4,6,9-10H2,1H3,(H2,19,20,22,23)/t11-/m1/s1. The number of ether oxygens (including phenoxy) is 2. The Morgan fingerprint density at radius 2 is 2.12 bits per heavy atom. The molecule has 1 aromatic heterocycles. The van der Waals surface area contributed by atoms with Crippen molar-refractivity contribution < 1.29 is 19.1 Å². The van der Waals surface area contributed by atoms with Gasteiger partial charge in [-0.15, -0.1) is 11.3 Å². The Hall–Kier alpha value is -2.58. The van der Waals surface area contributed by atoms with E-state index < -0.39 is 6.03 Å². The third-order valence-electron chi connectivity index (χ3n) is 4.63. The van der Waals surface area contributed by atoms with Gasteiger partial charge >= 0.3 is 6.03 Å². The van der Waals surface area contributed by atoms with Crippen molar-refractivity contribution in [3.05, 3.63) is 40.1 Å². The monoisotopic (exact) mass is 373 g/mol. The number of fused-ring (bicyclic) bond motifs is 2. The van der Waals surface area contributed by atoms with Gasteiger partial charge in [-0.25, -0.2) is 4.79 Å². The second-order valence-corrected chi connectivity index (χ2v) is 7.27. The van der Waals surface area contributed by atoms with Gasteiger partial charge in [-0.3, -0.25) is 15.0 Å². The van der Waals surface area contributed by atoms with Crippen molar-refractivity contribution in [2.75, 3.05) is 25.2 Å². The van der Waals surface area contributed by atoms with E-state index in [0.717, 1.165) is 13.0 Å². The second kappa shape index (κ2) is 6.97. The summed E-state index contributed by atoms with van der Waals surface area (Å²) in [6.07, 6.45) is 0.939. The fourth-order valence-electron chi connectivity index (χ4n) is 3.26. The van der Waals surface area contributed by atoms with Crippen molar-refractivity contribution in [2.45, 2.75) is 19.4 Å². The Morgan fingerprint density at radius 1 is 1.27 bits per heavy atom. The predicted octanol–water partition coefficient (Wildman–Crippen LogP) is 2.74. The Morgan fingerprint density at radius 3 is 3.00 bits per heavy atom. The minimum absolute atomic E-state index is 0.170. The van der Waals surface area contributed by atoms with Crippen LogP contribution in [0.1, 0.15) is 23.4 Å². The van der Waals surface area contributed by atoms with Crippen molar-refractivity contribution in [1.29, 1.82) is 0 Å². The molecule has 2 aliphatic heterocycles. The molecule has 2 aromatic rings. The van der Waals surface area contributed by atoms with Gasteiger partial charge in [0.15, 0.2) is 11.5 Å². The van der Waals surface area contributed by atoms with E-state index in [9.17, 15) is 9.59 Å². The molecule has 7 nitrogen and oxygen atoms in total. The van der Waals surface area contributed by atoms with Crippen LogP contribution in [0.15, 0.2) is 29.6 Å². The van der Waals surface area contributed by atoms with Crippen LogP contribution < -0.4 is 20.1 Å². The zero-order chi connectivity index (χ0) is 18.1. The minimum Gasteiger partial charge on any atom is -0.454 e. The zero-order valence-corrected chi connectivity index (χ0v) is 15.1. The lowest BCUT2D eigenvalue weighted by Gasteiger charge is -2.32. The number of rotatable bonds is 3. The maximum atomic E-state index is 12.2. The predicted molar refractivity (Wildman–Crippen MR) is 97.7 cm³/mol. The lowest BCUT2D eigenvalue weighted by molar-refractivity contribution is -0.121. The zero-order valence-electron chi connectivity index (χ0n) is 14.3. The molecule has 0 saturated heterocycles. The molecule has 8 heteroatoms. The van der Waals surface area contributed by atoms with Crippen molar-refractivity contribution in [1.82, 2.24) is 10.2 Å². The molecule has 0 unspecified atom stereocenters. The number of carbonyl (C=O) groups is 2. The number of anilines is 1. The van der Waals surface area contributed by atoms with Crippen molar-refractivity contribution >= 4 is 29.0 Å². The Labute approximate surface area is 154 Å². The fourth-order valence-corrected chi connectivity index (χ4v) is 4.23. The number of urea groups is 1. The molecule has 1 atom stereocenters. The first kappa shape index (κ1) is 16.9. The molecule has 0 spiro atoms. The van der Waals surface area contributed by atoms with Crippen LogP contribution in [-0.4, -0.2) is 36.7 Å². The van der Waals surface area contributed by atoms with Crippen molar-refractivity contribution in [3.8, 4) is 11.5 Å². The summed E-state index contributed by atoms with van der Waals surface area (Å²) in [7, 11) is 0. The number of imide groups is 1. The molecule has 136 valence electrons. The van der Waals surface area contributed by atoms with Gasteiger partial charge < -0.3 is 14.8 Å². The van der Waals surface area contributed by atoms with Crippen LogP contribution in [0, 0.1) is 0 Å². The average molecular weight is 373 g/mol. The van der Waals surface area contributed by atoms with Crippen molar-refractivity contribution in [3.63, 3.8) is 0 Å². The summed E-state index contributed by atoms with van der Waals surface area (Å²) in [5.41, 5.74) is 1.81. The second-order valence-electron chi connectivity index (χ2n) is 6.27. The van der Waals surface area contributed by atoms with E-state index in [2.05, 4.69) is 33.9 Å². The Kier molecular flexibility index (Phi) is 4.52. The SMILES string of the molecule is C[C@@H]1c2ccsc2CCN1CC(=O)NC(=O)Nc1ccc2c(c1)OCO2. The van der Waals surface area contributed by atoms with Gasteiger partial charge in [0.05, 0.1) is 6.54 Å². The van der Waals surface area contributed by atoms with Gasteiger partial charge in [0.2, 0.25) is 12.7 Å². The van der Waals surface area contributed by atoms with Crippen LogP contribution >= 0.6 is 11.3 Å². The summed E-state index contributed by atoms with van der Waals surface area (Å²) in [4.78, 5) is 27.8. The number of amides is 3. The molecule has 0 bridgehead atoms. The van der Waals surface area contributed by atoms with Crippen LogP contribution in [0.2, 0.25) is 0 Å². The number of hydrogen-bond donors (Lipinski definition) is 2. The molecule has 1 aromatic carbocycles. The third-order valence-corrected chi connectivity index (χ3v) is 5.63. The first-order chi connectivity index (χ1) is 12.6. The molecule has 0 saturated carbocycles. The van der Waals surface area contributed by atoms with E-state index in [-0.39, 0.29) is 25.3 Å². The minimum atomic E-state index is -0.560. The van der Waals surface area contributed by atoms with E-state index in [1.165, 1.54) is 10.4 Å². The molecule has 0 aliphatic carbocycles. The molecular weight excluding hydrogens is 354 g/mol. The summed E-state index contributed by atoms with van der Waals surface area (Å²) < 4.78 is 10.5. The number of thiophene rings is 1. The Balaban J connectivity index is 1.31. The molecule has 4 rings (SSSR count). The van der Waals surface area contributed by atoms with E-state index in [1.807, 2.05) is 0 Å². The molecular formula is C18H19N3O4S. The summed E-state index contributed by atoms with van der Waals surface area (Å²) in [6.45, 7) is 3.25. The number of nitrogens with one attached hydrogen (secondary N) is 2. The highest BCUT2D eigenvalue weighted by molar-refractivity contribution is 7.10. The number of nitrogens with zero attached hydrogens (tertiary/aromatic N) is 1. The van der Waals surface area contributed by atoms with Gasteiger partial charge in [-0.05, 0) is 42.5 Å². The highest BCUT2D eigenvalue weighted by Gasteiger charge is 2.26. The molecule has 0 radical (unpaired) electrons. The lowest BCUT2D eigenvalue weighted by Crippen LogP contribution is -2.44. The van der Waals surface area contributed by atoms with Crippen LogP contribution in [0.3, 0.4) is 0 Å². The van der Waals surface area contributed by atoms with Crippen LogP contribution in [0.4, 0.5) is 10.5 Å².